The quantitative estimate of drug-likeness (QED) is 0.760. The molecule has 0 radical (unpaired) electrons. The van der Waals surface area contributed by atoms with E-state index in [0.29, 0.717) is 17.3 Å². The first-order chi connectivity index (χ1) is 7.35. The predicted octanol–water partition coefficient (Wildman–Crippen LogP) is 3.02. The lowest BCUT2D eigenvalue weighted by molar-refractivity contribution is 0.564. The molecule has 0 saturated carbocycles. The zero-order valence-electron chi connectivity index (χ0n) is 8.18. The number of nitrogens with zero attached hydrogens (tertiary/aromatic N) is 2. The fraction of sp³-hybridized carbons (Fsp3) is 0. The molecule has 3 nitrogen and oxygen atoms in total. The molecule has 0 aliphatic carbocycles. The molecular weight excluding hydrogens is 188 g/mol. The van der Waals surface area contributed by atoms with Crippen LogP contribution in [0.2, 0.25) is 0 Å². The van der Waals surface area contributed by atoms with Crippen LogP contribution in [0.5, 0.6) is 0 Å². The van der Waals surface area contributed by atoms with Gasteiger partial charge < -0.3 is 4.42 Å². The Morgan fingerprint density at radius 1 is 1.13 bits per heavy atom. The molecule has 3 heteroatoms. The second kappa shape index (κ2) is 3.92. The van der Waals surface area contributed by atoms with E-state index in [9.17, 15) is 0 Å². The molecular formula is C12H10N2O. The Kier molecular flexibility index (Phi) is 2.46. The van der Waals surface area contributed by atoms with E-state index in [2.05, 4.69) is 23.1 Å². The Labute approximate surface area is 87.8 Å². The van der Waals surface area contributed by atoms with E-state index in [1.165, 1.54) is 0 Å². The van der Waals surface area contributed by atoms with Gasteiger partial charge in [-0.25, -0.2) is 4.98 Å². The van der Waals surface area contributed by atoms with Crippen molar-refractivity contribution in [3.8, 4) is 11.5 Å². The first-order valence-corrected chi connectivity index (χ1v) is 4.51. The molecule has 15 heavy (non-hydrogen) atoms. The van der Waals surface area contributed by atoms with Crippen LogP contribution in [0.4, 0.5) is 0 Å². The molecule has 0 fully saturated rings. The normalized spacial score (nSPS) is 9.87. The number of hydrogen-bond donors (Lipinski definition) is 0. The summed E-state index contributed by atoms with van der Waals surface area (Å²) < 4.78 is 5.51. The van der Waals surface area contributed by atoms with Gasteiger partial charge in [-0.05, 0) is 24.3 Å². The molecule has 74 valence electrons. The molecule has 2 heterocycles. The third kappa shape index (κ3) is 1.72. The Morgan fingerprint density at radius 2 is 1.87 bits per heavy atom. The van der Waals surface area contributed by atoms with Gasteiger partial charge in [0.1, 0.15) is 5.69 Å². The van der Waals surface area contributed by atoms with Gasteiger partial charge in [-0.2, -0.15) is 0 Å². The largest absolute Gasteiger partial charge is 0.436 e. The summed E-state index contributed by atoms with van der Waals surface area (Å²) in [4.78, 5) is 8.22. The predicted molar refractivity (Wildman–Crippen MR) is 59.9 cm³/mol. The van der Waals surface area contributed by atoms with Crippen LogP contribution in [0.25, 0.3) is 23.6 Å². The molecule has 0 aliphatic rings. The maximum Gasteiger partial charge on any atom is 0.227 e. The van der Waals surface area contributed by atoms with Gasteiger partial charge in [0.05, 0.1) is 0 Å². The van der Waals surface area contributed by atoms with Crippen molar-refractivity contribution >= 4 is 12.2 Å². The minimum absolute atomic E-state index is 0.558. The van der Waals surface area contributed by atoms with Crippen LogP contribution in [0.3, 0.4) is 0 Å². The number of hydrogen-bond acceptors (Lipinski definition) is 3. The van der Waals surface area contributed by atoms with Gasteiger partial charge >= 0.3 is 0 Å². The molecule has 0 aliphatic heterocycles. The maximum atomic E-state index is 5.51. The van der Waals surface area contributed by atoms with Gasteiger partial charge in [0.15, 0.2) is 5.76 Å². The maximum absolute atomic E-state index is 5.51. The fourth-order valence-electron chi connectivity index (χ4n) is 1.25. The van der Waals surface area contributed by atoms with E-state index in [1.807, 2.05) is 12.1 Å². The number of rotatable bonds is 3. The van der Waals surface area contributed by atoms with E-state index in [0.717, 1.165) is 5.56 Å². The van der Waals surface area contributed by atoms with E-state index in [4.69, 9.17) is 4.42 Å². The molecule has 0 N–H and O–H groups in total. The van der Waals surface area contributed by atoms with Crippen molar-refractivity contribution in [2.45, 2.75) is 0 Å². The Morgan fingerprint density at radius 3 is 2.40 bits per heavy atom. The highest BCUT2D eigenvalue weighted by Crippen LogP contribution is 2.22. The van der Waals surface area contributed by atoms with Gasteiger partial charge in [0, 0.05) is 18.0 Å². The topological polar surface area (TPSA) is 38.9 Å². The minimum atomic E-state index is 0.558. The highest BCUT2D eigenvalue weighted by atomic mass is 16.4. The van der Waals surface area contributed by atoms with Crippen LogP contribution < -0.4 is 0 Å². The SMILES string of the molecule is C=Cc1nc(-c2ccncc2)oc1C=C. The molecule has 0 unspecified atom stereocenters. The molecule has 2 aromatic heterocycles. The van der Waals surface area contributed by atoms with Crippen molar-refractivity contribution in [3.05, 3.63) is 49.1 Å². The summed E-state index contributed by atoms with van der Waals surface area (Å²) in [5.74, 6) is 1.19. The van der Waals surface area contributed by atoms with Crippen molar-refractivity contribution in [1.29, 1.82) is 0 Å². The van der Waals surface area contributed by atoms with Crippen LogP contribution in [-0.2, 0) is 0 Å². The molecule has 0 bridgehead atoms. The second-order valence-corrected chi connectivity index (χ2v) is 2.91. The molecule has 0 aromatic carbocycles. The van der Waals surface area contributed by atoms with Gasteiger partial charge in [0.25, 0.3) is 0 Å². The number of oxazole rings is 1. The van der Waals surface area contributed by atoms with Crippen LogP contribution in [0.1, 0.15) is 11.5 Å². The monoisotopic (exact) mass is 198 g/mol. The lowest BCUT2D eigenvalue weighted by atomic mass is 10.3. The summed E-state index contributed by atoms with van der Waals surface area (Å²) in [6.07, 6.45) is 6.65. The third-order valence-corrected chi connectivity index (χ3v) is 1.99. The Bertz CT molecular complexity index is 460. The van der Waals surface area contributed by atoms with Gasteiger partial charge in [-0.1, -0.05) is 13.2 Å². The molecule has 0 amide bonds. The van der Waals surface area contributed by atoms with Crippen molar-refractivity contribution in [3.63, 3.8) is 0 Å². The standard InChI is InChI=1S/C12H10N2O/c1-3-10-11(4-2)15-12(14-10)9-5-7-13-8-6-9/h3-8H,1-2H2. The van der Waals surface area contributed by atoms with E-state index < -0.39 is 0 Å². The average Bonchev–Trinajstić information content (AvgIpc) is 2.73. The highest BCUT2D eigenvalue weighted by molar-refractivity contribution is 5.61. The summed E-state index contributed by atoms with van der Waals surface area (Å²) >= 11 is 0. The lowest BCUT2D eigenvalue weighted by Crippen LogP contribution is -1.78. The summed E-state index contributed by atoms with van der Waals surface area (Å²) in [7, 11) is 0. The Hall–Kier alpha value is -2.16. The van der Waals surface area contributed by atoms with Crippen LogP contribution in [0.15, 0.2) is 42.1 Å². The lowest BCUT2D eigenvalue weighted by Gasteiger charge is -1.91. The molecule has 0 saturated heterocycles. The molecule has 2 rings (SSSR count). The minimum Gasteiger partial charge on any atom is -0.436 e. The molecule has 0 atom stereocenters. The molecule has 0 spiro atoms. The van der Waals surface area contributed by atoms with Crippen molar-refractivity contribution in [2.75, 3.05) is 0 Å². The average molecular weight is 198 g/mol. The first kappa shape index (κ1) is 9.40. The van der Waals surface area contributed by atoms with Crippen molar-refractivity contribution in [1.82, 2.24) is 9.97 Å². The summed E-state index contributed by atoms with van der Waals surface area (Å²) in [5, 5.41) is 0. The highest BCUT2D eigenvalue weighted by Gasteiger charge is 2.09. The van der Waals surface area contributed by atoms with E-state index in [1.54, 1.807) is 24.5 Å². The van der Waals surface area contributed by atoms with E-state index in [-0.39, 0.29) is 0 Å². The second-order valence-electron chi connectivity index (χ2n) is 2.91. The number of aromatic nitrogens is 2. The van der Waals surface area contributed by atoms with Gasteiger partial charge in [-0.3, -0.25) is 4.98 Å². The van der Waals surface area contributed by atoms with Gasteiger partial charge in [0.2, 0.25) is 5.89 Å². The molecule has 2 aromatic rings. The van der Waals surface area contributed by atoms with Crippen LogP contribution in [0, 0.1) is 0 Å². The smallest absolute Gasteiger partial charge is 0.227 e. The van der Waals surface area contributed by atoms with Gasteiger partial charge in [-0.15, -0.1) is 0 Å². The zero-order chi connectivity index (χ0) is 10.7. The Balaban J connectivity index is 2.51. The summed E-state index contributed by atoms with van der Waals surface area (Å²) in [6, 6.07) is 3.68. The van der Waals surface area contributed by atoms with Crippen molar-refractivity contribution in [2.24, 2.45) is 0 Å². The fourth-order valence-corrected chi connectivity index (χ4v) is 1.25. The zero-order valence-corrected chi connectivity index (χ0v) is 8.18. The van der Waals surface area contributed by atoms with Crippen LogP contribution >= 0.6 is 0 Å². The van der Waals surface area contributed by atoms with Crippen LogP contribution in [-0.4, -0.2) is 9.97 Å². The summed E-state index contributed by atoms with van der Waals surface area (Å²) in [6.45, 7) is 7.32. The number of pyridine rings is 1. The first-order valence-electron chi connectivity index (χ1n) is 4.51. The third-order valence-electron chi connectivity index (χ3n) is 1.99. The van der Waals surface area contributed by atoms with E-state index >= 15 is 0 Å². The van der Waals surface area contributed by atoms with Crippen molar-refractivity contribution < 1.29 is 4.42 Å². The summed E-state index contributed by atoms with van der Waals surface area (Å²) in [5.41, 5.74) is 1.60.